The van der Waals surface area contributed by atoms with E-state index in [1.54, 1.807) is 31.2 Å². The third-order valence-electron chi connectivity index (χ3n) is 2.21. The molecule has 0 saturated heterocycles. The van der Waals surface area contributed by atoms with Gasteiger partial charge in [0.2, 0.25) is 0 Å². The summed E-state index contributed by atoms with van der Waals surface area (Å²) in [6.45, 7) is 0.578. The zero-order valence-electron chi connectivity index (χ0n) is 9.79. The molecule has 0 aliphatic carbocycles. The highest BCUT2D eigenvalue weighted by Gasteiger charge is 2.28. The molecule has 100 valence electrons. The van der Waals surface area contributed by atoms with Gasteiger partial charge in [-0.2, -0.15) is 13.2 Å². The molecular formula is C11H14F3N3O. The van der Waals surface area contributed by atoms with E-state index in [2.05, 4.69) is 0 Å². The number of nitrogens with zero attached hydrogens (tertiary/aromatic N) is 1. The number of amides is 2. The summed E-state index contributed by atoms with van der Waals surface area (Å²) in [5.74, 6) is 0. The number of carbonyl (C=O) groups is 1. The highest BCUT2D eigenvalue weighted by atomic mass is 19.4. The van der Waals surface area contributed by atoms with Gasteiger partial charge in [-0.3, -0.25) is 4.90 Å². The van der Waals surface area contributed by atoms with Gasteiger partial charge in [0.15, 0.2) is 0 Å². The molecule has 0 bridgehead atoms. The Morgan fingerprint density at radius 1 is 1.33 bits per heavy atom. The first kappa shape index (κ1) is 14.1. The van der Waals surface area contributed by atoms with Gasteiger partial charge in [-0.1, -0.05) is 0 Å². The van der Waals surface area contributed by atoms with Crippen LogP contribution in [0.5, 0.6) is 0 Å². The van der Waals surface area contributed by atoms with E-state index >= 15 is 0 Å². The molecule has 0 aliphatic rings. The van der Waals surface area contributed by atoms with Crippen molar-refractivity contribution in [1.82, 2.24) is 5.32 Å². The number of benzene rings is 1. The quantitative estimate of drug-likeness (QED) is 0.821. The summed E-state index contributed by atoms with van der Waals surface area (Å²) in [6, 6.07) is 5.52. The first-order chi connectivity index (χ1) is 8.33. The third-order valence-corrected chi connectivity index (χ3v) is 2.21. The lowest BCUT2D eigenvalue weighted by atomic mass is 10.2. The fourth-order valence-electron chi connectivity index (χ4n) is 1.37. The number of halogens is 3. The molecule has 1 aromatic rings. The van der Waals surface area contributed by atoms with Crippen LogP contribution >= 0.6 is 0 Å². The molecule has 0 spiro atoms. The summed E-state index contributed by atoms with van der Waals surface area (Å²) in [4.78, 5) is 12.8. The first-order valence-corrected chi connectivity index (χ1v) is 5.31. The van der Waals surface area contributed by atoms with Gasteiger partial charge in [0.05, 0.1) is 0 Å². The molecule has 4 nitrogen and oxygen atoms in total. The summed E-state index contributed by atoms with van der Waals surface area (Å²) < 4.78 is 36.0. The second kappa shape index (κ2) is 5.61. The third kappa shape index (κ3) is 4.15. The van der Waals surface area contributed by atoms with E-state index in [1.807, 2.05) is 5.32 Å². The first-order valence-electron chi connectivity index (χ1n) is 5.31. The maximum atomic E-state index is 12.0. The number of nitrogens with one attached hydrogen (secondary N) is 1. The number of anilines is 2. The summed E-state index contributed by atoms with van der Waals surface area (Å²) in [5.41, 5.74) is 6.50. The fraction of sp³-hybridized carbons (Fsp3) is 0.364. The van der Waals surface area contributed by atoms with Gasteiger partial charge in [-0.15, -0.1) is 0 Å². The van der Waals surface area contributed by atoms with E-state index in [1.165, 1.54) is 4.90 Å². The maximum absolute atomic E-state index is 12.0. The molecule has 0 aliphatic heterocycles. The van der Waals surface area contributed by atoms with Gasteiger partial charge in [0, 0.05) is 17.9 Å². The van der Waals surface area contributed by atoms with Gasteiger partial charge in [-0.25, -0.2) is 4.79 Å². The highest BCUT2D eigenvalue weighted by Crippen LogP contribution is 2.17. The Morgan fingerprint density at radius 2 is 1.89 bits per heavy atom. The zero-order valence-corrected chi connectivity index (χ0v) is 9.79. The minimum absolute atomic E-state index is 0.258. The van der Waals surface area contributed by atoms with Crippen molar-refractivity contribution < 1.29 is 18.0 Å². The van der Waals surface area contributed by atoms with Crippen molar-refractivity contribution in [3.05, 3.63) is 24.3 Å². The Bertz CT molecular complexity index is 403. The second-order valence-electron chi connectivity index (χ2n) is 3.61. The van der Waals surface area contributed by atoms with Crippen LogP contribution < -0.4 is 16.0 Å². The molecule has 1 rings (SSSR count). The summed E-state index contributed by atoms with van der Waals surface area (Å²) >= 11 is 0. The fourth-order valence-corrected chi connectivity index (χ4v) is 1.37. The molecule has 0 saturated carbocycles. The van der Waals surface area contributed by atoms with Crippen molar-refractivity contribution in [2.75, 3.05) is 23.7 Å². The SMILES string of the molecule is CCN(C(=O)NCC(F)(F)F)c1ccc(N)cc1. The van der Waals surface area contributed by atoms with Gasteiger partial charge in [0.1, 0.15) is 6.54 Å². The number of hydrogen-bond donors (Lipinski definition) is 2. The molecule has 3 N–H and O–H groups in total. The Kier molecular flexibility index (Phi) is 4.41. The van der Waals surface area contributed by atoms with Crippen molar-refractivity contribution in [2.45, 2.75) is 13.1 Å². The lowest BCUT2D eigenvalue weighted by molar-refractivity contribution is -0.122. The Hall–Kier alpha value is -1.92. The minimum atomic E-state index is -4.42. The topological polar surface area (TPSA) is 58.4 Å². The van der Waals surface area contributed by atoms with E-state index in [0.717, 1.165) is 0 Å². The van der Waals surface area contributed by atoms with Crippen LogP contribution in [0.25, 0.3) is 0 Å². The Balaban J connectivity index is 2.71. The second-order valence-corrected chi connectivity index (χ2v) is 3.61. The molecule has 0 fully saturated rings. The molecule has 18 heavy (non-hydrogen) atoms. The molecule has 1 aromatic carbocycles. The van der Waals surface area contributed by atoms with E-state index in [-0.39, 0.29) is 6.54 Å². The average molecular weight is 261 g/mol. The van der Waals surface area contributed by atoms with Gasteiger partial charge in [0.25, 0.3) is 0 Å². The van der Waals surface area contributed by atoms with Crippen molar-refractivity contribution in [3.8, 4) is 0 Å². The van der Waals surface area contributed by atoms with E-state index in [0.29, 0.717) is 11.4 Å². The molecule has 0 radical (unpaired) electrons. The largest absolute Gasteiger partial charge is 0.405 e. The lowest BCUT2D eigenvalue weighted by Crippen LogP contribution is -2.43. The zero-order chi connectivity index (χ0) is 13.8. The van der Waals surface area contributed by atoms with Crippen LogP contribution in [0.3, 0.4) is 0 Å². The number of nitrogen functional groups attached to an aromatic ring is 1. The number of carbonyl (C=O) groups excluding carboxylic acids is 1. The van der Waals surface area contributed by atoms with Crippen LogP contribution in [0.1, 0.15) is 6.92 Å². The van der Waals surface area contributed by atoms with Crippen LogP contribution in [0.4, 0.5) is 29.3 Å². The average Bonchev–Trinajstić information content (AvgIpc) is 2.29. The number of alkyl halides is 3. The van der Waals surface area contributed by atoms with Gasteiger partial charge < -0.3 is 11.1 Å². The van der Waals surface area contributed by atoms with Crippen molar-refractivity contribution in [2.24, 2.45) is 0 Å². The monoisotopic (exact) mass is 261 g/mol. The van der Waals surface area contributed by atoms with Gasteiger partial charge >= 0.3 is 12.2 Å². The van der Waals surface area contributed by atoms with Crippen molar-refractivity contribution in [1.29, 1.82) is 0 Å². The number of urea groups is 1. The molecule has 2 amide bonds. The molecule has 0 aromatic heterocycles. The minimum Gasteiger partial charge on any atom is -0.399 e. The molecular weight excluding hydrogens is 247 g/mol. The number of rotatable bonds is 3. The normalized spacial score (nSPS) is 11.1. The van der Waals surface area contributed by atoms with Crippen LogP contribution in [-0.4, -0.2) is 25.3 Å². The molecule has 0 heterocycles. The van der Waals surface area contributed by atoms with Crippen LogP contribution in [0.15, 0.2) is 24.3 Å². The van der Waals surface area contributed by atoms with Gasteiger partial charge in [-0.05, 0) is 31.2 Å². The van der Waals surface area contributed by atoms with E-state index < -0.39 is 18.8 Å². The maximum Gasteiger partial charge on any atom is 0.405 e. The van der Waals surface area contributed by atoms with Crippen LogP contribution in [-0.2, 0) is 0 Å². The number of hydrogen-bond acceptors (Lipinski definition) is 2. The molecule has 0 atom stereocenters. The van der Waals surface area contributed by atoms with E-state index in [4.69, 9.17) is 5.73 Å². The predicted octanol–water partition coefficient (Wildman–Crippen LogP) is 2.37. The molecule has 7 heteroatoms. The highest BCUT2D eigenvalue weighted by molar-refractivity contribution is 5.92. The molecule has 0 unspecified atom stereocenters. The van der Waals surface area contributed by atoms with Crippen molar-refractivity contribution >= 4 is 17.4 Å². The van der Waals surface area contributed by atoms with E-state index in [9.17, 15) is 18.0 Å². The Labute approximate surface area is 103 Å². The number of nitrogens with two attached hydrogens (primary N) is 1. The Morgan fingerprint density at radius 3 is 2.33 bits per heavy atom. The lowest BCUT2D eigenvalue weighted by Gasteiger charge is -2.22. The summed E-state index contributed by atoms with van der Waals surface area (Å²) in [7, 11) is 0. The summed E-state index contributed by atoms with van der Waals surface area (Å²) in [6.07, 6.45) is -4.42. The van der Waals surface area contributed by atoms with Crippen LogP contribution in [0, 0.1) is 0 Å². The summed E-state index contributed by atoms with van der Waals surface area (Å²) in [5, 5.41) is 1.82. The van der Waals surface area contributed by atoms with Crippen molar-refractivity contribution in [3.63, 3.8) is 0 Å². The standard InChI is InChI=1S/C11H14F3N3O/c1-2-17(9-5-3-8(15)4-6-9)10(18)16-7-11(12,13)14/h3-6H,2,7,15H2,1H3,(H,16,18). The predicted molar refractivity (Wildman–Crippen MR) is 63.3 cm³/mol. The van der Waals surface area contributed by atoms with Crippen LogP contribution in [0.2, 0.25) is 0 Å². The smallest absolute Gasteiger partial charge is 0.399 e.